The van der Waals surface area contributed by atoms with Gasteiger partial charge in [-0.05, 0) is 6.42 Å². The fourth-order valence-corrected chi connectivity index (χ4v) is 1.51. The average molecular weight is 182 g/mol. The van der Waals surface area contributed by atoms with E-state index in [0.29, 0.717) is 5.37 Å². The molecule has 0 aromatic carbocycles. The van der Waals surface area contributed by atoms with Gasteiger partial charge in [0.05, 0.1) is 10.2 Å². The Hall–Kier alpha value is -0.620. The molecular weight excluding hydrogens is 176 g/mol. The van der Waals surface area contributed by atoms with Crippen LogP contribution in [-0.4, -0.2) is 27.1 Å². The Bertz CT molecular complexity index is 340. The molecule has 0 aliphatic heterocycles. The lowest BCUT2D eigenvalue weighted by Crippen LogP contribution is -1.99. The van der Waals surface area contributed by atoms with Crippen molar-refractivity contribution in [1.82, 2.24) is 0 Å². The van der Waals surface area contributed by atoms with E-state index in [1.54, 1.807) is 6.92 Å². The van der Waals surface area contributed by atoms with Gasteiger partial charge in [-0.2, -0.15) is 16.8 Å². The van der Waals surface area contributed by atoms with E-state index in [2.05, 4.69) is 0 Å². The second-order valence-electron chi connectivity index (χ2n) is 1.43. The van der Waals surface area contributed by atoms with Gasteiger partial charge >= 0.3 is 0 Å². The minimum absolute atomic E-state index is 0.103. The van der Waals surface area contributed by atoms with Crippen molar-refractivity contribution in [2.45, 2.75) is 13.3 Å². The Labute approximate surface area is 61.6 Å². The van der Waals surface area contributed by atoms with E-state index in [4.69, 9.17) is 0 Å². The summed E-state index contributed by atoms with van der Waals surface area (Å²) < 4.78 is 40.1. The first-order valence-electron chi connectivity index (χ1n) is 2.46. The third kappa shape index (κ3) is 3.41. The van der Waals surface area contributed by atoms with Crippen LogP contribution in [0.25, 0.3) is 0 Å². The van der Waals surface area contributed by atoms with Gasteiger partial charge in [-0.1, -0.05) is 6.92 Å². The maximum absolute atomic E-state index is 10.1. The van der Waals surface area contributed by atoms with Crippen LogP contribution in [0.2, 0.25) is 0 Å². The van der Waals surface area contributed by atoms with Crippen molar-refractivity contribution in [3.05, 3.63) is 0 Å². The van der Waals surface area contributed by atoms with Crippen molar-refractivity contribution < 1.29 is 16.8 Å². The molecule has 6 heteroatoms. The number of hydrogen-bond acceptors (Lipinski definition) is 4. The van der Waals surface area contributed by atoms with Crippen molar-refractivity contribution in [2.75, 3.05) is 0 Å². The van der Waals surface area contributed by atoms with E-state index in [1.807, 2.05) is 0 Å². The van der Waals surface area contributed by atoms with E-state index in [-0.39, 0.29) is 11.3 Å². The quantitative estimate of drug-likeness (QED) is 0.520. The van der Waals surface area contributed by atoms with Crippen molar-refractivity contribution in [2.24, 2.45) is 0 Å². The molecule has 0 rings (SSSR count). The second-order valence-corrected chi connectivity index (χ2v) is 3.18. The third-order valence-corrected chi connectivity index (χ3v) is 2.25. The summed E-state index contributed by atoms with van der Waals surface area (Å²) in [4.78, 5) is -0.103. The zero-order valence-electron chi connectivity index (χ0n) is 5.23. The zero-order chi connectivity index (χ0) is 8.15. The minimum Gasteiger partial charge on any atom is -0.185 e. The van der Waals surface area contributed by atoms with Crippen LogP contribution < -0.4 is 0 Å². The van der Waals surface area contributed by atoms with E-state index >= 15 is 0 Å². The smallest absolute Gasteiger partial charge is 0.185 e. The number of hydrogen-bond donors (Lipinski definition) is 0. The topological polar surface area (TPSA) is 68.3 Å². The maximum Gasteiger partial charge on any atom is 0.218 e. The highest BCUT2D eigenvalue weighted by Gasteiger charge is 1.91. The SMILES string of the molecule is CCC(C=S(=O)=O)=S(=O)=O. The summed E-state index contributed by atoms with van der Waals surface area (Å²) in [7, 11) is -4.83. The Morgan fingerprint density at radius 2 is 1.80 bits per heavy atom. The van der Waals surface area contributed by atoms with Crippen molar-refractivity contribution >= 4 is 30.8 Å². The minimum atomic E-state index is -2.42. The summed E-state index contributed by atoms with van der Waals surface area (Å²) in [6, 6.07) is 0. The van der Waals surface area contributed by atoms with E-state index < -0.39 is 20.6 Å². The Morgan fingerprint density at radius 3 is 1.90 bits per heavy atom. The van der Waals surface area contributed by atoms with Crippen LogP contribution >= 0.6 is 0 Å². The second kappa shape index (κ2) is 4.24. The molecule has 4 nitrogen and oxygen atoms in total. The largest absolute Gasteiger partial charge is 0.218 e. The lowest BCUT2D eigenvalue weighted by atomic mass is 10.4. The lowest BCUT2D eigenvalue weighted by Gasteiger charge is -1.78. The molecule has 0 aromatic rings. The van der Waals surface area contributed by atoms with Gasteiger partial charge in [0.25, 0.3) is 0 Å². The fourth-order valence-electron chi connectivity index (χ4n) is 0.348. The molecule has 0 radical (unpaired) electrons. The number of rotatable bonds is 2. The molecule has 0 N–H and O–H groups in total. The van der Waals surface area contributed by atoms with E-state index in [9.17, 15) is 16.8 Å². The molecule has 0 heterocycles. The summed E-state index contributed by atoms with van der Waals surface area (Å²) in [5.74, 6) is 0. The monoisotopic (exact) mass is 182 g/mol. The molecule has 0 saturated heterocycles. The van der Waals surface area contributed by atoms with Gasteiger partial charge in [0.15, 0.2) is 0 Å². The Balaban J connectivity index is 5.16. The lowest BCUT2D eigenvalue weighted by molar-refractivity contribution is 0.625. The molecule has 0 spiro atoms. The highest BCUT2D eigenvalue weighted by molar-refractivity contribution is 7.81. The molecule has 0 aliphatic carbocycles. The van der Waals surface area contributed by atoms with Crippen LogP contribution in [0.1, 0.15) is 13.3 Å². The van der Waals surface area contributed by atoms with Gasteiger partial charge in [-0.3, -0.25) is 0 Å². The van der Waals surface area contributed by atoms with Gasteiger partial charge in [-0.25, -0.2) is 0 Å². The predicted octanol–water partition coefficient (Wildman–Crippen LogP) is -0.871. The third-order valence-electron chi connectivity index (χ3n) is 0.790. The van der Waals surface area contributed by atoms with Gasteiger partial charge in [0.2, 0.25) is 20.6 Å². The highest BCUT2D eigenvalue weighted by Crippen LogP contribution is 1.75. The van der Waals surface area contributed by atoms with Gasteiger partial charge < -0.3 is 0 Å². The molecule has 0 unspecified atom stereocenters. The van der Waals surface area contributed by atoms with E-state index in [1.165, 1.54) is 0 Å². The predicted molar refractivity (Wildman–Crippen MR) is 39.2 cm³/mol. The maximum atomic E-state index is 10.1. The summed E-state index contributed by atoms with van der Waals surface area (Å²) >= 11 is 0. The van der Waals surface area contributed by atoms with Gasteiger partial charge in [-0.15, -0.1) is 0 Å². The van der Waals surface area contributed by atoms with Gasteiger partial charge in [0.1, 0.15) is 0 Å². The molecule has 0 fully saturated rings. The first-order chi connectivity index (χ1) is 4.57. The molecule has 10 heavy (non-hydrogen) atoms. The summed E-state index contributed by atoms with van der Waals surface area (Å²) in [6.07, 6.45) is 0.199. The first-order valence-corrected chi connectivity index (χ1v) is 4.67. The first kappa shape index (κ1) is 9.38. The average Bonchev–Trinajstić information content (AvgIpc) is 1.81. The molecule has 0 amide bonds. The Morgan fingerprint density at radius 1 is 1.30 bits per heavy atom. The van der Waals surface area contributed by atoms with Crippen molar-refractivity contribution in [1.29, 1.82) is 0 Å². The van der Waals surface area contributed by atoms with Crippen LogP contribution in [-0.2, 0) is 20.6 Å². The molecule has 0 aromatic heterocycles. The normalized spacial score (nSPS) is 8.50. The van der Waals surface area contributed by atoms with Crippen LogP contribution in [0, 0.1) is 0 Å². The Kier molecular flexibility index (Phi) is 3.97. The zero-order valence-corrected chi connectivity index (χ0v) is 6.87. The molecule has 0 bridgehead atoms. The van der Waals surface area contributed by atoms with Crippen LogP contribution in [0.15, 0.2) is 0 Å². The van der Waals surface area contributed by atoms with Crippen molar-refractivity contribution in [3.63, 3.8) is 0 Å². The molecule has 58 valence electrons. The molecular formula is C4H6O4S2. The molecule has 0 saturated carbocycles. The van der Waals surface area contributed by atoms with Crippen LogP contribution in [0.4, 0.5) is 0 Å². The van der Waals surface area contributed by atoms with Crippen molar-refractivity contribution in [3.8, 4) is 0 Å². The summed E-state index contributed by atoms with van der Waals surface area (Å²) in [6.45, 7) is 1.56. The highest BCUT2D eigenvalue weighted by atomic mass is 32.2. The fraction of sp³-hybridized carbons (Fsp3) is 0.500. The van der Waals surface area contributed by atoms with E-state index in [0.717, 1.165) is 0 Å². The van der Waals surface area contributed by atoms with Crippen LogP contribution in [0.3, 0.4) is 0 Å². The summed E-state index contributed by atoms with van der Waals surface area (Å²) in [5, 5.41) is 0.684. The van der Waals surface area contributed by atoms with Crippen LogP contribution in [0.5, 0.6) is 0 Å². The molecule has 0 aliphatic rings. The van der Waals surface area contributed by atoms with Gasteiger partial charge in [0, 0.05) is 0 Å². The summed E-state index contributed by atoms with van der Waals surface area (Å²) in [5.41, 5.74) is 0. The standard InChI is InChI=1S/C4H6O4S2/c1-2-4(10(7)8)3-9(5)6/h3H,2H2,1H3. The molecule has 0 atom stereocenters.